The monoisotopic (exact) mass is 239 g/mol. The summed E-state index contributed by atoms with van der Waals surface area (Å²) in [5.41, 5.74) is 0.0651. The zero-order valence-corrected chi connectivity index (χ0v) is 9.63. The van der Waals surface area contributed by atoms with Gasteiger partial charge in [-0.1, -0.05) is 6.92 Å². The minimum absolute atomic E-state index is 0.0831. The smallest absolute Gasteiger partial charge is 0.337 e. The molecule has 0 fully saturated rings. The fourth-order valence-corrected chi connectivity index (χ4v) is 1.24. The quantitative estimate of drug-likeness (QED) is 0.447. The summed E-state index contributed by atoms with van der Waals surface area (Å²) < 4.78 is 9.77. The van der Waals surface area contributed by atoms with Gasteiger partial charge in [0.05, 0.1) is 24.2 Å². The van der Waals surface area contributed by atoms with Crippen LogP contribution in [0.1, 0.15) is 23.7 Å². The second kappa shape index (κ2) is 5.83. The lowest BCUT2D eigenvalue weighted by Gasteiger charge is -2.06. The molecule has 6 nitrogen and oxygen atoms in total. The highest BCUT2D eigenvalue weighted by Crippen LogP contribution is 2.28. The van der Waals surface area contributed by atoms with Crippen molar-refractivity contribution in [1.29, 1.82) is 0 Å². The number of carbonyl (C=O) groups excluding carboxylic acids is 1. The number of carbonyl (C=O) groups is 1. The van der Waals surface area contributed by atoms with E-state index in [9.17, 15) is 14.9 Å². The average Bonchev–Trinajstić information content (AvgIpc) is 2.34. The Bertz CT molecular complexity index is 430. The first-order valence-electron chi connectivity index (χ1n) is 5.09. The van der Waals surface area contributed by atoms with Gasteiger partial charge in [0, 0.05) is 12.1 Å². The lowest BCUT2D eigenvalue weighted by molar-refractivity contribution is -0.385. The lowest BCUT2D eigenvalue weighted by Crippen LogP contribution is -2.04. The van der Waals surface area contributed by atoms with E-state index >= 15 is 0 Å². The lowest BCUT2D eigenvalue weighted by atomic mass is 10.2. The van der Waals surface area contributed by atoms with Crippen molar-refractivity contribution in [2.75, 3.05) is 13.7 Å². The highest BCUT2D eigenvalue weighted by molar-refractivity contribution is 5.90. The Morgan fingerprint density at radius 3 is 2.71 bits per heavy atom. The maximum absolute atomic E-state index is 11.3. The van der Waals surface area contributed by atoms with E-state index in [4.69, 9.17) is 4.74 Å². The number of hydrogen-bond acceptors (Lipinski definition) is 5. The van der Waals surface area contributed by atoms with E-state index in [1.807, 2.05) is 6.92 Å². The number of rotatable bonds is 5. The van der Waals surface area contributed by atoms with Gasteiger partial charge in [-0.2, -0.15) is 0 Å². The van der Waals surface area contributed by atoms with Crippen molar-refractivity contribution in [2.24, 2.45) is 0 Å². The summed E-state index contributed by atoms with van der Waals surface area (Å²) in [5, 5.41) is 10.7. The molecule has 6 heteroatoms. The van der Waals surface area contributed by atoms with E-state index in [1.54, 1.807) is 0 Å². The van der Waals surface area contributed by atoms with Crippen molar-refractivity contribution in [2.45, 2.75) is 13.3 Å². The van der Waals surface area contributed by atoms with Crippen LogP contribution in [0.4, 0.5) is 5.69 Å². The minimum Gasteiger partial charge on any atom is -0.487 e. The molecule has 17 heavy (non-hydrogen) atoms. The zero-order valence-electron chi connectivity index (χ0n) is 9.63. The highest BCUT2D eigenvalue weighted by Gasteiger charge is 2.18. The fraction of sp³-hybridized carbons (Fsp3) is 0.364. The molecule has 92 valence electrons. The summed E-state index contributed by atoms with van der Waals surface area (Å²) in [6.45, 7) is 2.24. The van der Waals surface area contributed by atoms with E-state index in [-0.39, 0.29) is 17.0 Å². The first-order valence-corrected chi connectivity index (χ1v) is 5.09. The van der Waals surface area contributed by atoms with Gasteiger partial charge in [-0.05, 0) is 12.5 Å². The third-order valence-corrected chi connectivity index (χ3v) is 2.04. The Morgan fingerprint density at radius 1 is 1.47 bits per heavy atom. The van der Waals surface area contributed by atoms with Crippen LogP contribution in [-0.2, 0) is 4.74 Å². The van der Waals surface area contributed by atoms with Gasteiger partial charge in [0.2, 0.25) is 0 Å². The second-order valence-electron chi connectivity index (χ2n) is 3.28. The van der Waals surface area contributed by atoms with Gasteiger partial charge in [0.15, 0.2) is 5.75 Å². The molecule has 0 amide bonds. The molecule has 0 aliphatic carbocycles. The van der Waals surface area contributed by atoms with Crippen molar-refractivity contribution in [3.63, 3.8) is 0 Å². The van der Waals surface area contributed by atoms with Crippen LogP contribution in [0.15, 0.2) is 18.2 Å². The molecule has 0 N–H and O–H groups in total. The third-order valence-electron chi connectivity index (χ3n) is 2.04. The van der Waals surface area contributed by atoms with Crippen LogP contribution in [0.5, 0.6) is 5.75 Å². The summed E-state index contributed by atoms with van der Waals surface area (Å²) in [6.07, 6.45) is 0.722. The molecule has 1 aromatic carbocycles. The predicted octanol–water partition coefficient (Wildman–Crippen LogP) is 2.17. The van der Waals surface area contributed by atoms with Crippen molar-refractivity contribution in [3.8, 4) is 5.75 Å². The number of ether oxygens (including phenoxy) is 2. The molecule has 0 atom stereocenters. The molecule has 0 saturated heterocycles. The standard InChI is InChI=1S/C11H13NO5/c1-3-6-17-10-7-8(11(13)16-2)4-5-9(10)12(14)15/h4-5,7H,3,6H2,1-2H3. The minimum atomic E-state index is -0.554. The number of esters is 1. The van der Waals surface area contributed by atoms with Crippen LogP contribution in [0, 0.1) is 10.1 Å². The topological polar surface area (TPSA) is 78.7 Å². The predicted molar refractivity (Wildman–Crippen MR) is 60.2 cm³/mol. The van der Waals surface area contributed by atoms with Crippen LogP contribution in [-0.4, -0.2) is 24.6 Å². The summed E-state index contributed by atoms with van der Waals surface area (Å²) in [7, 11) is 1.25. The second-order valence-corrected chi connectivity index (χ2v) is 3.28. The summed E-state index contributed by atoms with van der Waals surface area (Å²) in [4.78, 5) is 21.5. The molecule has 0 heterocycles. The van der Waals surface area contributed by atoms with Crippen molar-refractivity contribution in [3.05, 3.63) is 33.9 Å². The van der Waals surface area contributed by atoms with Crippen LogP contribution in [0.3, 0.4) is 0 Å². The molecule has 0 unspecified atom stereocenters. The molecule has 0 aliphatic heterocycles. The Labute approximate surface area is 98.3 Å². The zero-order chi connectivity index (χ0) is 12.8. The first-order chi connectivity index (χ1) is 8.10. The Morgan fingerprint density at radius 2 is 2.18 bits per heavy atom. The molecular formula is C11H13NO5. The van der Waals surface area contributed by atoms with Crippen molar-refractivity contribution in [1.82, 2.24) is 0 Å². The summed E-state index contributed by atoms with van der Waals surface area (Å²) in [6, 6.07) is 3.89. The van der Waals surface area contributed by atoms with Gasteiger partial charge in [0.1, 0.15) is 0 Å². The number of nitro groups is 1. The summed E-state index contributed by atoms with van der Waals surface area (Å²) in [5.74, 6) is -0.471. The SMILES string of the molecule is CCCOc1cc(C(=O)OC)ccc1[N+](=O)[O-]. The average molecular weight is 239 g/mol. The van der Waals surface area contributed by atoms with Gasteiger partial charge >= 0.3 is 11.7 Å². The van der Waals surface area contributed by atoms with Crippen LogP contribution in [0.25, 0.3) is 0 Å². The highest BCUT2D eigenvalue weighted by atomic mass is 16.6. The van der Waals surface area contributed by atoms with E-state index in [2.05, 4.69) is 4.74 Å². The molecule has 0 saturated carbocycles. The summed E-state index contributed by atoms with van der Waals surface area (Å²) >= 11 is 0. The molecule has 1 aromatic rings. The molecule has 0 bridgehead atoms. The van der Waals surface area contributed by atoms with Crippen molar-refractivity contribution >= 4 is 11.7 Å². The number of nitro benzene ring substituents is 1. The van der Waals surface area contributed by atoms with Gasteiger partial charge < -0.3 is 9.47 Å². The maximum atomic E-state index is 11.3. The van der Waals surface area contributed by atoms with E-state index in [0.29, 0.717) is 6.61 Å². The number of methoxy groups -OCH3 is 1. The normalized spacial score (nSPS) is 9.76. The van der Waals surface area contributed by atoms with Crippen molar-refractivity contribution < 1.29 is 19.2 Å². The molecule has 0 spiro atoms. The van der Waals surface area contributed by atoms with Crippen LogP contribution in [0.2, 0.25) is 0 Å². The third kappa shape index (κ3) is 3.17. The van der Waals surface area contributed by atoms with E-state index in [0.717, 1.165) is 6.42 Å². The van der Waals surface area contributed by atoms with Gasteiger partial charge in [-0.15, -0.1) is 0 Å². The fourth-order valence-electron chi connectivity index (χ4n) is 1.24. The number of nitrogens with zero attached hydrogens (tertiary/aromatic N) is 1. The molecule has 0 aliphatic rings. The Kier molecular flexibility index (Phi) is 4.45. The van der Waals surface area contributed by atoms with Crippen LogP contribution < -0.4 is 4.74 Å². The van der Waals surface area contributed by atoms with E-state index in [1.165, 1.54) is 25.3 Å². The molecular weight excluding hydrogens is 226 g/mol. The Hall–Kier alpha value is -2.11. The first kappa shape index (κ1) is 13.0. The van der Waals surface area contributed by atoms with Gasteiger partial charge in [-0.25, -0.2) is 4.79 Å². The molecule has 0 aromatic heterocycles. The number of hydrogen-bond donors (Lipinski definition) is 0. The van der Waals surface area contributed by atoms with E-state index < -0.39 is 10.9 Å². The molecule has 0 radical (unpaired) electrons. The van der Waals surface area contributed by atoms with Gasteiger partial charge in [0.25, 0.3) is 0 Å². The largest absolute Gasteiger partial charge is 0.487 e. The number of benzene rings is 1. The molecule has 1 rings (SSSR count). The van der Waals surface area contributed by atoms with Crippen LogP contribution >= 0.6 is 0 Å². The van der Waals surface area contributed by atoms with Gasteiger partial charge in [-0.3, -0.25) is 10.1 Å². The maximum Gasteiger partial charge on any atom is 0.337 e. The Balaban J connectivity index is 3.09.